The second-order valence-electron chi connectivity index (χ2n) is 4.45. The molecule has 0 aliphatic carbocycles. The lowest BCUT2D eigenvalue weighted by Crippen LogP contribution is -2.12. The second-order valence-corrected chi connectivity index (χ2v) is 4.96. The van der Waals surface area contributed by atoms with Crippen molar-refractivity contribution >= 4 is 29.9 Å². The molecule has 3 nitrogen and oxygen atoms in total. The molecule has 0 aromatic heterocycles. The van der Waals surface area contributed by atoms with Crippen LogP contribution in [0, 0.1) is 0 Å². The molecule has 2 aromatic rings. The maximum absolute atomic E-state index is 12.0. The van der Waals surface area contributed by atoms with Crippen LogP contribution in [0.2, 0.25) is 0 Å². The topological polar surface area (TPSA) is 32.3 Å². The predicted molar refractivity (Wildman–Crippen MR) is 82.4 cm³/mol. The van der Waals surface area contributed by atoms with Crippen LogP contribution < -0.4 is 10.2 Å². The Morgan fingerprint density at radius 3 is 2.37 bits per heavy atom. The minimum atomic E-state index is -0.131. The lowest BCUT2D eigenvalue weighted by atomic mass is 10.2. The number of nitrogens with zero attached hydrogens (tertiary/aromatic N) is 1. The number of thiol groups is 1. The molecule has 0 spiro atoms. The fourth-order valence-electron chi connectivity index (χ4n) is 1.69. The van der Waals surface area contributed by atoms with Crippen molar-refractivity contribution in [3.8, 4) is 0 Å². The zero-order valence-electron chi connectivity index (χ0n) is 10.9. The first-order chi connectivity index (χ1) is 9.06. The number of amides is 1. The fourth-order valence-corrected chi connectivity index (χ4v) is 1.92. The van der Waals surface area contributed by atoms with Crippen LogP contribution in [0.3, 0.4) is 0 Å². The van der Waals surface area contributed by atoms with E-state index in [1.54, 1.807) is 12.1 Å². The maximum Gasteiger partial charge on any atom is 0.255 e. The summed E-state index contributed by atoms with van der Waals surface area (Å²) in [5.74, 6) is -0.131. The quantitative estimate of drug-likeness (QED) is 0.840. The van der Waals surface area contributed by atoms with E-state index in [4.69, 9.17) is 0 Å². The standard InChI is InChI=1S/C15H16N2OS/c1-17(2)13-8-6-12(7-9-13)16-15(18)11-4-3-5-14(19)10-11/h3-10,19H,1-2H3,(H,16,18). The van der Waals surface area contributed by atoms with Crippen molar-refractivity contribution in [2.24, 2.45) is 0 Å². The molecule has 0 saturated heterocycles. The average molecular weight is 272 g/mol. The van der Waals surface area contributed by atoms with Crippen molar-refractivity contribution in [1.29, 1.82) is 0 Å². The van der Waals surface area contributed by atoms with Crippen LogP contribution in [0.1, 0.15) is 10.4 Å². The number of anilines is 2. The van der Waals surface area contributed by atoms with E-state index in [-0.39, 0.29) is 5.91 Å². The van der Waals surface area contributed by atoms with Crippen molar-refractivity contribution in [3.05, 3.63) is 54.1 Å². The Labute approximate surface area is 118 Å². The molecule has 0 heterocycles. The molecule has 0 aliphatic rings. The highest BCUT2D eigenvalue weighted by molar-refractivity contribution is 7.80. The van der Waals surface area contributed by atoms with Gasteiger partial charge < -0.3 is 10.2 Å². The third-order valence-electron chi connectivity index (χ3n) is 2.75. The zero-order valence-corrected chi connectivity index (χ0v) is 11.8. The normalized spacial score (nSPS) is 10.1. The molecule has 0 atom stereocenters. The lowest BCUT2D eigenvalue weighted by molar-refractivity contribution is 0.102. The Morgan fingerprint density at radius 1 is 1.11 bits per heavy atom. The first-order valence-electron chi connectivity index (χ1n) is 5.94. The minimum Gasteiger partial charge on any atom is -0.378 e. The Hall–Kier alpha value is -1.94. The molecular formula is C15H16N2OS. The average Bonchev–Trinajstić information content (AvgIpc) is 2.39. The van der Waals surface area contributed by atoms with Gasteiger partial charge in [0, 0.05) is 35.9 Å². The van der Waals surface area contributed by atoms with E-state index >= 15 is 0 Å². The van der Waals surface area contributed by atoms with Crippen molar-refractivity contribution in [2.45, 2.75) is 4.90 Å². The molecular weight excluding hydrogens is 256 g/mol. The van der Waals surface area contributed by atoms with Gasteiger partial charge in [-0.1, -0.05) is 6.07 Å². The summed E-state index contributed by atoms with van der Waals surface area (Å²) in [5, 5.41) is 2.86. The first kappa shape index (κ1) is 13.5. The second kappa shape index (κ2) is 5.80. The number of carbonyl (C=O) groups excluding carboxylic acids is 1. The number of nitrogens with one attached hydrogen (secondary N) is 1. The molecule has 4 heteroatoms. The Balaban J connectivity index is 2.10. The van der Waals surface area contributed by atoms with Gasteiger partial charge in [-0.2, -0.15) is 0 Å². The first-order valence-corrected chi connectivity index (χ1v) is 6.39. The van der Waals surface area contributed by atoms with Gasteiger partial charge in [-0.15, -0.1) is 12.6 Å². The van der Waals surface area contributed by atoms with Crippen LogP contribution in [0.5, 0.6) is 0 Å². The maximum atomic E-state index is 12.0. The Morgan fingerprint density at radius 2 is 1.79 bits per heavy atom. The Bertz CT molecular complexity index is 579. The third kappa shape index (κ3) is 3.51. The molecule has 2 aromatic carbocycles. The summed E-state index contributed by atoms with van der Waals surface area (Å²) in [6.45, 7) is 0. The molecule has 2 rings (SSSR count). The van der Waals surface area contributed by atoms with E-state index in [0.29, 0.717) is 5.56 Å². The smallest absolute Gasteiger partial charge is 0.255 e. The van der Waals surface area contributed by atoms with Gasteiger partial charge in [0.1, 0.15) is 0 Å². The molecule has 1 N–H and O–H groups in total. The van der Waals surface area contributed by atoms with Gasteiger partial charge in [-0.05, 0) is 42.5 Å². The van der Waals surface area contributed by atoms with Crippen molar-refractivity contribution in [3.63, 3.8) is 0 Å². The number of hydrogen-bond acceptors (Lipinski definition) is 3. The summed E-state index contributed by atoms with van der Waals surface area (Å²) in [7, 11) is 3.96. The van der Waals surface area contributed by atoms with Gasteiger partial charge in [-0.3, -0.25) is 4.79 Å². The van der Waals surface area contributed by atoms with Crippen LogP contribution in [0.25, 0.3) is 0 Å². The van der Waals surface area contributed by atoms with E-state index in [9.17, 15) is 4.79 Å². The van der Waals surface area contributed by atoms with Gasteiger partial charge in [0.25, 0.3) is 5.91 Å². The van der Waals surface area contributed by atoms with E-state index < -0.39 is 0 Å². The third-order valence-corrected chi connectivity index (χ3v) is 3.03. The molecule has 1 amide bonds. The van der Waals surface area contributed by atoms with Crippen LogP contribution in [0.4, 0.5) is 11.4 Å². The minimum absolute atomic E-state index is 0.131. The summed E-state index contributed by atoms with van der Waals surface area (Å²) in [6, 6.07) is 14.9. The fraction of sp³-hybridized carbons (Fsp3) is 0.133. The molecule has 0 bridgehead atoms. The van der Waals surface area contributed by atoms with E-state index in [0.717, 1.165) is 16.3 Å². The lowest BCUT2D eigenvalue weighted by Gasteiger charge is -2.13. The van der Waals surface area contributed by atoms with Gasteiger partial charge in [0.05, 0.1) is 0 Å². The summed E-state index contributed by atoms with van der Waals surface area (Å²) in [6.07, 6.45) is 0. The molecule has 0 radical (unpaired) electrons. The van der Waals surface area contributed by atoms with Crippen molar-refractivity contribution in [1.82, 2.24) is 0 Å². The number of hydrogen-bond donors (Lipinski definition) is 2. The summed E-state index contributed by atoms with van der Waals surface area (Å²) in [4.78, 5) is 14.8. The SMILES string of the molecule is CN(C)c1ccc(NC(=O)c2cccc(S)c2)cc1. The number of carbonyl (C=O) groups is 1. The molecule has 0 fully saturated rings. The summed E-state index contributed by atoms with van der Waals surface area (Å²) >= 11 is 4.23. The van der Waals surface area contributed by atoms with E-state index in [1.165, 1.54) is 0 Å². The molecule has 19 heavy (non-hydrogen) atoms. The van der Waals surface area contributed by atoms with Crippen molar-refractivity contribution < 1.29 is 4.79 Å². The van der Waals surface area contributed by atoms with Crippen LogP contribution in [-0.2, 0) is 0 Å². The highest BCUT2D eigenvalue weighted by atomic mass is 32.1. The molecule has 0 saturated carbocycles. The molecule has 0 unspecified atom stereocenters. The molecule has 98 valence electrons. The highest BCUT2D eigenvalue weighted by Gasteiger charge is 2.06. The Kier molecular flexibility index (Phi) is 4.12. The summed E-state index contributed by atoms with van der Waals surface area (Å²) in [5.41, 5.74) is 2.47. The van der Waals surface area contributed by atoms with Crippen LogP contribution in [-0.4, -0.2) is 20.0 Å². The van der Waals surface area contributed by atoms with E-state index in [2.05, 4.69) is 17.9 Å². The number of benzene rings is 2. The van der Waals surface area contributed by atoms with Gasteiger partial charge in [0.15, 0.2) is 0 Å². The summed E-state index contributed by atoms with van der Waals surface area (Å²) < 4.78 is 0. The van der Waals surface area contributed by atoms with Gasteiger partial charge in [-0.25, -0.2) is 0 Å². The number of rotatable bonds is 3. The van der Waals surface area contributed by atoms with E-state index in [1.807, 2.05) is 55.4 Å². The largest absolute Gasteiger partial charge is 0.378 e. The molecule has 0 aliphatic heterocycles. The van der Waals surface area contributed by atoms with Crippen molar-refractivity contribution in [2.75, 3.05) is 24.3 Å². The zero-order chi connectivity index (χ0) is 13.8. The van der Waals surface area contributed by atoms with Crippen LogP contribution in [0.15, 0.2) is 53.4 Å². The van der Waals surface area contributed by atoms with Gasteiger partial charge >= 0.3 is 0 Å². The predicted octanol–water partition coefficient (Wildman–Crippen LogP) is 3.29. The van der Waals surface area contributed by atoms with Crippen LogP contribution >= 0.6 is 12.6 Å². The van der Waals surface area contributed by atoms with Gasteiger partial charge in [0.2, 0.25) is 0 Å². The monoisotopic (exact) mass is 272 g/mol. The highest BCUT2D eigenvalue weighted by Crippen LogP contribution is 2.17.